The number of hydrogen-bond acceptors (Lipinski definition) is 6. The van der Waals surface area contributed by atoms with Crippen LogP contribution in [0.4, 0.5) is 10.7 Å². The number of hydrogen-bond donors (Lipinski definition) is 3. The summed E-state index contributed by atoms with van der Waals surface area (Å²) >= 11 is 1.41. The molecule has 3 amide bonds. The zero-order chi connectivity index (χ0) is 19.8. The molecule has 1 aliphatic carbocycles. The first-order valence-corrected chi connectivity index (χ1v) is 9.80. The molecule has 0 radical (unpaired) electrons. The number of para-hydroxylation sites is 2. The summed E-state index contributed by atoms with van der Waals surface area (Å²) < 4.78 is 5.61. The number of ether oxygens (including phenoxy) is 1. The van der Waals surface area contributed by atoms with E-state index >= 15 is 0 Å². The quantitative estimate of drug-likeness (QED) is 0.691. The number of nitrogens with one attached hydrogen (secondary N) is 1. The Kier molecular flexibility index (Phi) is 4.68. The Morgan fingerprint density at radius 2 is 2.00 bits per heavy atom. The summed E-state index contributed by atoms with van der Waals surface area (Å²) in [4.78, 5) is 39.1. The van der Waals surface area contributed by atoms with E-state index in [-0.39, 0.29) is 19.0 Å². The van der Waals surface area contributed by atoms with Crippen molar-refractivity contribution in [2.75, 3.05) is 23.3 Å². The second-order valence-corrected chi connectivity index (χ2v) is 7.94. The molecule has 2 aromatic rings. The number of nitrogens with zero attached hydrogens (tertiary/aromatic N) is 1. The van der Waals surface area contributed by atoms with E-state index in [1.165, 1.54) is 11.3 Å². The Bertz CT molecular complexity index is 971. The van der Waals surface area contributed by atoms with E-state index in [9.17, 15) is 14.4 Å². The summed E-state index contributed by atoms with van der Waals surface area (Å²) in [7, 11) is 0. The molecule has 1 aromatic heterocycles. The molecule has 1 atom stereocenters. The molecule has 8 nitrogen and oxygen atoms in total. The lowest BCUT2D eigenvalue weighted by Crippen LogP contribution is -2.49. The van der Waals surface area contributed by atoms with E-state index in [2.05, 4.69) is 5.32 Å². The highest BCUT2D eigenvalue weighted by Crippen LogP contribution is 2.39. The number of primary amides is 2. The van der Waals surface area contributed by atoms with Crippen LogP contribution in [0.15, 0.2) is 24.3 Å². The predicted molar refractivity (Wildman–Crippen MR) is 106 cm³/mol. The minimum absolute atomic E-state index is 0.00901. The maximum Gasteiger partial charge on any atom is 0.260 e. The van der Waals surface area contributed by atoms with Gasteiger partial charge in [-0.15, -0.1) is 11.3 Å². The number of anilines is 2. The van der Waals surface area contributed by atoms with Crippen LogP contribution in [0.1, 0.15) is 27.2 Å². The third kappa shape index (κ3) is 3.29. The SMILES string of the molecule is NC(=O)c1c(NC(=O)CN2C[C@@H](C(N)=O)Oc3ccccc32)sc2c1CCC2. The van der Waals surface area contributed by atoms with E-state index in [4.69, 9.17) is 16.2 Å². The van der Waals surface area contributed by atoms with Crippen molar-refractivity contribution in [2.24, 2.45) is 11.5 Å². The third-order valence-electron chi connectivity index (χ3n) is 4.93. The van der Waals surface area contributed by atoms with Gasteiger partial charge in [0.05, 0.1) is 24.3 Å². The van der Waals surface area contributed by atoms with E-state index in [1.807, 2.05) is 12.1 Å². The monoisotopic (exact) mass is 400 g/mol. The van der Waals surface area contributed by atoms with E-state index < -0.39 is 17.9 Å². The average Bonchev–Trinajstić information content (AvgIpc) is 3.21. The summed E-state index contributed by atoms with van der Waals surface area (Å²) in [5.74, 6) is -0.925. The number of rotatable bonds is 5. The van der Waals surface area contributed by atoms with Crippen LogP contribution in [-0.2, 0) is 22.4 Å². The molecule has 0 fully saturated rings. The molecule has 9 heteroatoms. The molecule has 0 unspecified atom stereocenters. The average molecular weight is 400 g/mol. The Labute approximate surface area is 165 Å². The fourth-order valence-electron chi connectivity index (χ4n) is 3.70. The Morgan fingerprint density at radius 3 is 2.75 bits per heavy atom. The molecule has 0 saturated heterocycles. The van der Waals surface area contributed by atoms with E-state index in [0.29, 0.717) is 22.0 Å². The molecule has 5 N–H and O–H groups in total. The third-order valence-corrected chi connectivity index (χ3v) is 6.14. The normalized spacial score (nSPS) is 17.4. The van der Waals surface area contributed by atoms with Gasteiger partial charge in [-0.3, -0.25) is 14.4 Å². The van der Waals surface area contributed by atoms with Gasteiger partial charge < -0.3 is 26.4 Å². The molecule has 2 aliphatic rings. The van der Waals surface area contributed by atoms with Crippen molar-refractivity contribution in [1.29, 1.82) is 0 Å². The number of aryl methyl sites for hydroxylation is 1. The fourth-order valence-corrected chi connectivity index (χ4v) is 5.01. The number of fused-ring (bicyclic) bond motifs is 2. The first kappa shape index (κ1) is 18.3. The number of benzene rings is 1. The Balaban J connectivity index is 1.54. The number of carbonyl (C=O) groups excluding carboxylic acids is 3. The van der Waals surface area contributed by atoms with Gasteiger partial charge in [0.2, 0.25) is 5.91 Å². The van der Waals surface area contributed by atoms with Crippen molar-refractivity contribution in [1.82, 2.24) is 0 Å². The van der Waals surface area contributed by atoms with Gasteiger partial charge >= 0.3 is 0 Å². The smallest absolute Gasteiger partial charge is 0.260 e. The highest BCUT2D eigenvalue weighted by molar-refractivity contribution is 7.17. The van der Waals surface area contributed by atoms with Gasteiger partial charge in [-0.05, 0) is 37.0 Å². The zero-order valence-corrected chi connectivity index (χ0v) is 15.9. The van der Waals surface area contributed by atoms with Gasteiger partial charge in [0.15, 0.2) is 6.10 Å². The molecular formula is C19H20N4O4S. The minimum atomic E-state index is -0.839. The van der Waals surface area contributed by atoms with Crippen molar-refractivity contribution in [2.45, 2.75) is 25.4 Å². The van der Waals surface area contributed by atoms with Gasteiger partial charge in [0.25, 0.3) is 11.8 Å². The highest BCUT2D eigenvalue weighted by atomic mass is 32.1. The molecule has 28 heavy (non-hydrogen) atoms. The number of nitrogens with two attached hydrogens (primary N) is 2. The topological polar surface area (TPSA) is 128 Å². The van der Waals surface area contributed by atoms with Crippen LogP contribution >= 0.6 is 11.3 Å². The zero-order valence-electron chi connectivity index (χ0n) is 15.1. The minimum Gasteiger partial charge on any atom is -0.477 e. The summed E-state index contributed by atoms with van der Waals surface area (Å²) in [5.41, 5.74) is 13.0. The molecule has 4 rings (SSSR count). The van der Waals surface area contributed by atoms with Gasteiger partial charge in [-0.2, -0.15) is 0 Å². The lowest BCUT2D eigenvalue weighted by Gasteiger charge is -2.34. The van der Waals surface area contributed by atoms with Crippen molar-refractivity contribution in [3.05, 3.63) is 40.3 Å². The molecule has 1 aromatic carbocycles. The summed E-state index contributed by atoms with van der Waals surface area (Å²) in [5, 5.41) is 3.32. The maximum atomic E-state index is 12.7. The largest absolute Gasteiger partial charge is 0.477 e. The number of amides is 3. The van der Waals surface area contributed by atoms with Crippen LogP contribution in [0.2, 0.25) is 0 Å². The van der Waals surface area contributed by atoms with Crippen LogP contribution in [0.3, 0.4) is 0 Å². The standard InChI is InChI=1S/C19H20N4O4S/c20-17(25)13-8-23(11-5-1-2-6-12(11)27-13)9-15(24)22-19-16(18(21)26)10-4-3-7-14(10)28-19/h1-2,5-6,13H,3-4,7-9H2,(H2,20,25)(H2,21,26)(H,22,24)/t13-/m0/s1. The van der Waals surface area contributed by atoms with Crippen LogP contribution in [0, 0.1) is 0 Å². The first-order chi connectivity index (χ1) is 13.4. The second-order valence-electron chi connectivity index (χ2n) is 6.83. The molecule has 146 valence electrons. The van der Waals surface area contributed by atoms with Crippen molar-refractivity contribution < 1.29 is 19.1 Å². The lowest BCUT2D eigenvalue weighted by atomic mass is 10.1. The summed E-state index contributed by atoms with van der Waals surface area (Å²) in [6.07, 6.45) is 1.86. The molecular weight excluding hydrogens is 380 g/mol. The molecule has 0 saturated carbocycles. The van der Waals surface area contributed by atoms with E-state index in [1.54, 1.807) is 17.0 Å². The Morgan fingerprint density at radius 1 is 1.21 bits per heavy atom. The summed E-state index contributed by atoms with van der Waals surface area (Å²) in [6.45, 7) is 0.161. The van der Waals surface area contributed by atoms with E-state index in [0.717, 1.165) is 29.7 Å². The first-order valence-electron chi connectivity index (χ1n) is 8.98. The van der Waals surface area contributed by atoms with Crippen molar-refractivity contribution >= 4 is 39.7 Å². The van der Waals surface area contributed by atoms with Crippen molar-refractivity contribution in [3.63, 3.8) is 0 Å². The Hall–Kier alpha value is -3.07. The molecule has 1 aliphatic heterocycles. The van der Waals surface area contributed by atoms with Gasteiger partial charge in [0.1, 0.15) is 10.8 Å². The van der Waals surface area contributed by atoms with Gasteiger partial charge in [-0.1, -0.05) is 12.1 Å². The highest BCUT2D eigenvalue weighted by Gasteiger charge is 2.31. The van der Waals surface area contributed by atoms with Crippen LogP contribution in [0.5, 0.6) is 5.75 Å². The number of carbonyl (C=O) groups is 3. The summed E-state index contributed by atoms with van der Waals surface area (Å²) in [6, 6.07) is 7.15. The fraction of sp³-hybridized carbons (Fsp3) is 0.316. The van der Waals surface area contributed by atoms with Crippen LogP contribution < -0.4 is 26.4 Å². The predicted octanol–water partition coefficient (Wildman–Crippen LogP) is 1.03. The van der Waals surface area contributed by atoms with Gasteiger partial charge in [-0.25, -0.2) is 0 Å². The van der Waals surface area contributed by atoms with Crippen molar-refractivity contribution in [3.8, 4) is 5.75 Å². The maximum absolute atomic E-state index is 12.7. The molecule has 0 spiro atoms. The van der Waals surface area contributed by atoms with Gasteiger partial charge in [0, 0.05) is 4.88 Å². The van der Waals surface area contributed by atoms with Crippen LogP contribution in [0.25, 0.3) is 0 Å². The second kappa shape index (κ2) is 7.16. The molecule has 0 bridgehead atoms. The lowest BCUT2D eigenvalue weighted by molar-refractivity contribution is -0.125. The van der Waals surface area contributed by atoms with Crippen LogP contribution in [-0.4, -0.2) is 36.9 Å². The number of thiophene rings is 1. The molecule has 2 heterocycles.